The van der Waals surface area contributed by atoms with Gasteiger partial charge in [0, 0.05) is 18.6 Å². The highest BCUT2D eigenvalue weighted by Gasteiger charge is 2.31. The van der Waals surface area contributed by atoms with Crippen LogP contribution in [0.5, 0.6) is 0 Å². The molecule has 0 radical (unpaired) electrons. The quantitative estimate of drug-likeness (QED) is 0.759. The molecular weight excluding hydrogens is 248 g/mol. The van der Waals surface area contributed by atoms with Crippen LogP contribution in [0, 0.1) is 5.92 Å². The van der Waals surface area contributed by atoms with Crippen molar-refractivity contribution < 1.29 is 9.53 Å². The van der Waals surface area contributed by atoms with Crippen molar-refractivity contribution in [3.8, 4) is 0 Å². The summed E-state index contributed by atoms with van der Waals surface area (Å²) in [6.45, 7) is 2.82. The molecule has 20 heavy (non-hydrogen) atoms. The van der Waals surface area contributed by atoms with Crippen molar-refractivity contribution in [2.45, 2.75) is 58.0 Å². The molecule has 0 N–H and O–H groups in total. The van der Waals surface area contributed by atoms with E-state index < -0.39 is 0 Å². The number of fused-ring (bicyclic) bond motifs is 1. The Bertz CT molecular complexity index is 486. The summed E-state index contributed by atoms with van der Waals surface area (Å²) >= 11 is 0. The summed E-state index contributed by atoms with van der Waals surface area (Å²) in [4.78, 5) is 12.4. The van der Waals surface area contributed by atoms with Crippen molar-refractivity contribution in [1.29, 1.82) is 0 Å². The number of benzene rings is 1. The number of ketones is 1. The SMILES string of the molecule is CCOC1CC(CC(=O)c2ccc3c(c2)CCCC3)C1. The van der Waals surface area contributed by atoms with Crippen LogP contribution in [-0.4, -0.2) is 18.5 Å². The number of aryl methyl sites for hydroxylation is 2. The van der Waals surface area contributed by atoms with Crippen LogP contribution in [-0.2, 0) is 17.6 Å². The van der Waals surface area contributed by atoms with Crippen LogP contribution in [0.3, 0.4) is 0 Å². The highest BCUT2D eigenvalue weighted by molar-refractivity contribution is 5.96. The van der Waals surface area contributed by atoms with E-state index in [1.54, 1.807) is 0 Å². The molecule has 1 aromatic carbocycles. The van der Waals surface area contributed by atoms with Gasteiger partial charge < -0.3 is 4.74 Å². The largest absolute Gasteiger partial charge is 0.378 e. The molecule has 2 heteroatoms. The minimum absolute atomic E-state index is 0.318. The van der Waals surface area contributed by atoms with E-state index in [0.29, 0.717) is 24.2 Å². The Balaban J connectivity index is 1.58. The molecule has 108 valence electrons. The van der Waals surface area contributed by atoms with E-state index in [4.69, 9.17) is 4.74 Å². The molecule has 0 atom stereocenters. The van der Waals surface area contributed by atoms with Gasteiger partial charge in [0.05, 0.1) is 6.10 Å². The van der Waals surface area contributed by atoms with Crippen molar-refractivity contribution >= 4 is 5.78 Å². The molecule has 1 fully saturated rings. The van der Waals surface area contributed by atoms with Gasteiger partial charge in [0.1, 0.15) is 0 Å². The molecule has 2 nitrogen and oxygen atoms in total. The average molecular weight is 272 g/mol. The Labute approximate surface area is 121 Å². The summed E-state index contributed by atoms with van der Waals surface area (Å²) in [7, 11) is 0. The maximum Gasteiger partial charge on any atom is 0.163 e. The van der Waals surface area contributed by atoms with Gasteiger partial charge >= 0.3 is 0 Å². The van der Waals surface area contributed by atoms with Gasteiger partial charge in [-0.3, -0.25) is 4.79 Å². The first-order valence-electron chi connectivity index (χ1n) is 8.03. The lowest BCUT2D eigenvalue weighted by atomic mass is 9.78. The molecular formula is C18H24O2. The highest BCUT2D eigenvalue weighted by atomic mass is 16.5. The minimum atomic E-state index is 0.318. The molecule has 0 spiro atoms. The molecule has 2 aliphatic rings. The maximum absolute atomic E-state index is 12.4. The van der Waals surface area contributed by atoms with Crippen LogP contribution in [0.2, 0.25) is 0 Å². The molecule has 0 saturated heterocycles. The number of Topliss-reactive ketones (excluding diaryl/α,β-unsaturated/α-hetero) is 1. The summed E-state index contributed by atoms with van der Waals surface area (Å²) in [6, 6.07) is 6.35. The zero-order chi connectivity index (χ0) is 13.9. The Morgan fingerprint density at radius 3 is 2.70 bits per heavy atom. The van der Waals surface area contributed by atoms with Gasteiger partial charge in [0.2, 0.25) is 0 Å². The zero-order valence-electron chi connectivity index (χ0n) is 12.4. The van der Waals surface area contributed by atoms with Crippen molar-refractivity contribution in [2.24, 2.45) is 5.92 Å². The summed E-state index contributed by atoms with van der Waals surface area (Å²) < 4.78 is 5.56. The second-order valence-electron chi connectivity index (χ2n) is 6.23. The number of ether oxygens (including phenoxy) is 1. The van der Waals surface area contributed by atoms with E-state index in [1.807, 2.05) is 13.0 Å². The summed E-state index contributed by atoms with van der Waals surface area (Å²) in [5.41, 5.74) is 3.78. The average Bonchev–Trinajstić information content (AvgIpc) is 2.44. The number of hydrogen-bond acceptors (Lipinski definition) is 2. The third-order valence-corrected chi connectivity index (χ3v) is 4.74. The second kappa shape index (κ2) is 6.09. The zero-order valence-corrected chi connectivity index (χ0v) is 12.4. The Kier molecular flexibility index (Phi) is 4.21. The standard InChI is InChI=1S/C18H24O2/c1-2-20-17-9-13(10-17)11-18(19)16-8-7-14-5-3-4-6-15(14)12-16/h7-8,12-13,17H,2-6,9-11H2,1H3. The van der Waals surface area contributed by atoms with E-state index in [1.165, 1.54) is 30.4 Å². The van der Waals surface area contributed by atoms with Crippen LogP contribution < -0.4 is 0 Å². The van der Waals surface area contributed by atoms with Crippen LogP contribution in [0.15, 0.2) is 18.2 Å². The van der Waals surface area contributed by atoms with Crippen molar-refractivity contribution in [3.63, 3.8) is 0 Å². The lowest BCUT2D eigenvalue weighted by Crippen LogP contribution is -2.32. The number of carbonyl (C=O) groups excluding carboxylic acids is 1. The first-order valence-corrected chi connectivity index (χ1v) is 8.03. The third kappa shape index (κ3) is 2.95. The minimum Gasteiger partial charge on any atom is -0.378 e. The number of rotatable bonds is 5. The normalized spacial score (nSPS) is 24.9. The lowest BCUT2D eigenvalue weighted by Gasteiger charge is -2.34. The van der Waals surface area contributed by atoms with Gasteiger partial charge in [-0.15, -0.1) is 0 Å². The molecule has 1 saturated carbocycles. The summed E-state index contributed by atoms with van der Waals surface area (Å²) in [5.74, 6) is 0.855. The fraction of sp³-hybridized carbons (Fsp3) is 0.611. The molecule has 0 heterocycles. The fourth-order valence-corrected chi connectivity index (χ4v) is 3.50. The summed E-state index contributed by atoms with van der Waals surface area (Å²) in [6.07, 6.45) is 8.11. The van der Waals surface area contributed by atoms with Crippen LogP contribution in [0.4, 0.5) is 0 Å². The Hall–Kier alpha value is -1.15. The number of carbonyl (C=O) groups is 1. The summed E-state index contributed by atoms with van der Waals surface area (Å²) in [5, 5.41) is 0. The van der Waals surface area contributed by atoms with Gasteiger partial charge in [-0.1, -0.05) is 12.1 Å². The molecule has 0 bridgehead atoms. The molecule has 0 aromatic heterocycles. The first kappa shape index (κ1) is 13.8. The first-order chi connectivity index (χ1) is 9.76. The topological polar surface area (TPSA) is 26.3 Å². The van der Waals surface area contributed by atoms with Gasteiger partial charge in [-0.2, -0.15) is 0 Å². The van der Waals surface area contributed by atoms with Crippen LogP contribution in [0.25, 0.3) is 0 Å². The molecule has 1 aromatic rings. The van der Waals surface area contributed by atoms with Crippen molar-refractivity contribution in [3.05, 3.63) is 34.9 Å². The molecule has 0 amide bonds. The van der Waals surface area contributed by atoms with E-state index in [-0.39, 0.29) is 0 Å². The van der Waals surface area contributed by atoms with Gasteiger partial charge in [0.15, 0.2) is 5.78 Å². The Morgan fingerprint density at radius 2 is 1.95 bits per heavy atom. The molecule has 3 rings (SSSR count). The van der Waals surface area contributed by atoms with Crippen molar-refractivity contribution in [1.82, 2.24) is 0 Å². The van der Waals surface area contributed by atoms with Crippen molar-refractivity contribution in [2.75, 3.05) is 6.61 Å². The van der Waals surface area contributed by atoms with Crippen LogP contribution in [0.1, 0.15) is 60.5 Å². The van der Waals surface area contributed by atoms with E-state index in [0.717, 1.165) is 31.4 Å². The van der Waals surface area contributed by atoms with Gasteiger partial charge in [0.25, 0.3) is 0 Å². The predicted octanol–water partition coefficient (Wildman–Crippen LogP) is 3.95. The predicted molar refractivity (Wildman–Crippen MR) is 80.2 cm³/mol. The van der Waals surface area contributed by atoms with Crippen LogP contribution >= 0.6 is 0 Å². The lowest BCUT2D eigenvalue weighted by molar-refractivity contribution is -0.0246. The second-order valence-corrected chi connectivity index (χ2v) is 6.23. The molecule has 2 aliphatic carbocycles. The third-order valence-electron chi connectivity index (χ3n) is 4.74. The van der Waals surface area contributed by atoms with E-state index in [9.17, 15) is 4.79 Å². The molecule has 0 unspecified atom stereocenters. The van der Waals surface area contributed by atoms with E-state index >= 15 is 0 Å². The smallest absolute Gasteiger partial charge is 0.163 e. The monoisotopic (exact) mass is 272 g/mol. The fourth-order valence-electron chi connectivity index (χ4n) is 3.50. The van der Waals surface area contributed by atoms with Gasteiger partial charge in [-0.25, -0.2) is 0 Å². The Morgan fingerprint density at radius 1 is 1.20 bits per heavy atom. The van der Waals surface area contributed by atoms with E-state index in [2.05, 4.69) is 12.1 Å². The molecule has 0 aliphatic heterocycles. The van der Waals surface area contributed by atoms with Gasteiger partial charge in [-0.05, 0) is 68.6 Å². The maximum atomic E-state index is 12.4. The number of hydrogen-bond donors (Lipinski definition) is 0. The highest BCUT2D eigenvalue weighted by Crippen LogP contribution is 2.34.